The molecule has 1 amide bonds. The number of halogens is 1. The maximum absolute atomic E-state index is 11.8. The molecule has 0 radical (unpaired) electrons. The average molecular weight is 361 g/mol. The largest absolute Gasteiger partial charge is 0.338 e. The summed E-state index contributed by atoms with van der Waals surface area (Å²) in [6.07, 6.45) is 0.902. The van der Waals surface area contributed by atoms with Crippen molar-refractivity contribution >= 4 is 33.3 Å². The molecule has 0 saturated heterocycles. The van der Waals surface area contributed by atoms with Crippen LogP contribution in [-0.4, -0.2) is 22.5 Å². The van der Waals surface area contributed by atoms with Crippen LogP contribution in [0.5, 0.6) is 0 Å². The van der Waals surface area contributed by atoms with Gasteiger partial charge in [-0.3, -0.25) is 4.79 Å². The highest BCUT2D eigenvalue weighted by Crippen LogP contribution is 2.24. The number of carbonyl (C=O) groups is 1. The van der Waals surface area contributed by atoms with E-state index in [1.54, 1.807) is 6.92 Å². The molecule has 0 bridgehead atoms. The van der Waals surface area contributed by atoms with Crippen molar-refractivity contribution in [1.82, 2.24) is 4.90 Å². The molecular formula is C13H20INOSi. The van der Waals surface area contributed by atoms with Gasteiger partial charge in [0.15, 0.2) is 0 Å². The molecule has 0 aliphatic rings. The summed E-state index contributed by atoms with van der Waals surface area (Å²) >= 11 is 2.52. The molecule has 0 fully saturated rings. The molecule has 1 aromatic rings. The molecule has 0 heterocycles. The van der Waals surface area contributed by atoms with Crippen molar-refractivity contribution in [2.45, 2.75) is 33.0 Å². The van der Waals surface area contributed by atoms with E-state index in [1.807, 2.05) is 23.1 Å². The smallest absolute Gasteiger partial charge is 0.219 e. The molecule has 0 saturated carbocycles. The second kappa shape index (κ2) is 6.00. The lowest BCUT2D eigenvalue weighted by Gasteiger charge is -2.32. The van der Waals surface area contributed by atoms with Crippen LogP contribution in [0.2, 0.25) is 13.1 Å². The van der Waals surface area contributed by atoms with Crippen LogP contribution in [0.15, 0.2) is 30.3 Å². The van der Waals surface area contributed by atoms with Crippen molar-refractivity contribution < 1.29 is 4.79 Å². The second-order valence-corrected chi connectivity index (χ2v) is 17.5. The Balaban J connectivity index is 2.89. The summed E-state index contributed by atoms with van der Waals surface area (Å²) in [7, 11) is 0. The highest BCUT2D eigenvalue weighted by Gasteiger charge is 2.26. The SMILES string of the molecule is CC(=O)N(C[Si](C)(C)I)[C@@H](C)c1ccccc1. The van der Waals surface area contributed by atoms with Crippen LogP contribution in [-0.2, 0) is 4.79 Å². The van der Waals surface area contributed by atoms with Gasteiger partial charge >= 0.3 is 0 Å². The van der Waals surface area contributed by atoms with Crippen molar-refractivity contribution in [2.24, 2.45) is 0 Å². The molecule has 1 atom stereocenters. The molecule has 0 unspecified atom stereocenters. The van der Waals surface area contributed by atoms with Crippen LogP contribution in [0.4, 0.5) is 0 Å². The monoisotopic (exact) mass is 361 g/mol. The van der Waals surface area contributed by atoms with Gasteiger partial charge in [-0.2, -0.15) is 0 Å². The van der Waals surface area contributed by atoms with Gasteiger partial charge in [-0.15, -0.1) is 21.8 Å². The van der Waals surface area contributed by atoms with Crippen LogP contribution in [0, 0.1) is 0 Å². The summed E-state index contributed by atoms with van der Waals surface area (Å²) < 4.78 is 0. The third kappa shape index (κ3) is 4.79. The van der Waals surface area contributed by atoms with Gasteiger partial charge in [0, 0.05) is 13.1 Å². The Morgan fingerprint density at radius 3 is 2.29 bits per heavy atom. The zero-order chi connectivity index (χ0) is 13.1. The average Bonchev–Trinajstić information content (AvgIpc) is 2.25. The van der Waals surface area contributed by atoms with E-state index in [4.69, 9.17) is 0 Å². The predicted octanol–water partition coefficient (Wildman–Crippen LogP) is 3.78. The van der Waals surface area contributed by atoms with Crippen LogP contribution in [0.3, 0.4) is 0 Å². The number of benzene rings is 1. The third-order valence-electron chi connectivity index (χ3n) is 2.70. The molecule has 0 spiro atoms. The fourth-order valence-electron chi connectivity index (χ4n) is 1.84. The number of amides is 1. The zero-order valence-electron chi connectivity index (χ0n) is 10.9. The van der Waals surface area contributed by atoms with E-state index >= 15 is 0 Å². The van der Waals surface area contributed by atoms with E-state index in [0.717, 1.165) is 6.17 Å². The van der Waals surface area contributed by atoms with E-state index in [9.17, 15) is 4.79 Å². The first-order valence-corrected chi connectivity index (χ1v) is 12.1. The summed E-state index contributed by atoms with van der Waals surface area (Å²) in [6.45, 7) is 8.33. The van der Waals surface area contributed by atoms with E-state index < -0.39 is 5.57 Å². The maximum Gasteiger partial charge on any atom is 0.219 e. The maximum atomic E-state index is 11.8. The van der Waals surface area contributed by atoms with E-state index in [1.165, 1.54) is 5.56 Å². The normalized spacial score (nSPS) is 13.2. The fourth-order valence-corrected chi connectivity index (χ4v) is 4.25. The molecule has 1 aromatic carbocycles. The molecule has 1 rings (SSSR count). The Bertz CT molecular complexity index is 375. The van der Waals surface area contributed by atoms with Gasteiger partial charge in [0.1, 0.15) is 5.57 Å². The fraction of sp³-hybridized carbons (Fsp3) is 0.462. The number of nitrogens with zero attached hydrogens (tertiary/aromatic N) is 1. The lowest BCUT2D eigenvalue weighted by atomic mass is 10.1. The summed E-state index contributed by atoms with van der Waals surface area (Å²) in [5, 5.41) is 0. The van der Waals surface area contributed by atoms with Crippen LogP contribution >= 0.6 is 21.8 Å². The standard InChI is InChI=1S/C13H20INOSi/c1-11(13-8-6-5-7-9-13)15(12(2)16)10-17(3,4)14/h5-9,11H,10H2,1-4H3/t11-/m0/s1. The van der Waals surface area contributed by atoms with Gasteiger partial charge < -0.3 is 4.90 Å². The molecular weight excluding hydrogens is 341 g/mol. The van der Waals surface area contributed by atoms with Gasteiger partial charge in [-0.25, -0.2) is 0 Å². The van der Waals surface area contributed by atoms with Crippen molar-refractivity contribution in [3.05, 3.63) is 35.9 Å². The number of hydrogen-bond acceptors (Lipinski definition) is 1. The molecule has 0 aliphatic heterocycles. The van der Waals surface area contributed by atoms with E-state index in [2.05, 4.69) is 53.9 Å². The van der Waals surface area contributed by atoms with Crippen LogP contribution in [0.25, 0.3) is 0 Å². The van der Waals surface area contributed by atoms with Gasteiger partial charge in [0.2, 0.25) is 5.91 Å². The van der Waals surface area contributed by atoms with E-state index in [0.29, 0.717) is 0 Å². The van der Waals surface area contributed by atoms with Gasteiger partial charge in [0.05, 0.1) is 6.04 Å². The quantitative estimate of drug-likeness (QED) is 0.454. The highest BCUT2D eigenvalue weighted by atomic mass is 127. The summed E-state index contributed by atoms with van der Waals surface area (Å²) in [5.41, 5.74) is -0.0978. The number of hydrogen-bond donors (Lipinski definition) is 0. The Hall–Kier alpha value is -0.363. The first-order valence-electron chi connectivity index (χ1n) is 5.82. The van der Waals surface area contributed by atoms with E-state index in [-0.39, 0.29) is 11.9 Å². The molecule has 0 aliphatic carbocycles. The Morgan fingerprint density at radius 1 is 1.35 bits per heavy atom. The molecule has 17 heavy (non-hydrogen) atoms. The van der Waals surface area contributed by atoms with Gasteiger partial charge in [0.25, 0.3) is 0 Å². The minimum absolute atomic E-state index is 0.162. The Kier molecular flexibility index (Phi) is 5.18. The third-order valence-corrected chi connectivity index (χ3v) is 4.82. The minimum atomic E-state index is -1.30. The molecule has 94 valence electrons. The van der Waals surface area contributed by atoms with Gasteiger partial charge in [-0.05, 0) is 12.5 Å². The van der Waals surface area contributed by atoms with Gasteiger partial charge in [-0.1, -0.05) is 43.4 Å². The lowest BCUT2D eigenvalue weighted by molar-refractivity contribution is -0.130. The number of carbonyl (C=O) groups excluding carboxylic acids is 1. The van der Waals surface area contributed by atoms with Crippen LogP contribution in [0.1, 0.15) is 25.5 Å². The zero-order valence-corrected chi connectivity index (χ0v) is 14.1. The number of rotatable bonds is 4. The second-order valence-electron chi connectivity index (χ2n) is 4.95. The Labute approximate surface area is 118 Å². The highest BCUT2D eigenvalue weighted by molar-refractivity contribution is 14.1. The molecule has 0 N–H and O–H groups in total. The lowest BCUT2D eigenvalue weighted by Crippen LogP contribution is -2.42. The van der Waals surface area contributed by atoms with Crippen molar-refractivity contribution in [2.75, 3.05) is 6.17 Å². The molecule has 0 aromatic heterocycles. The summed E-state index contributed by atoms with van der Waals surface area (Å²) in [4.78, 5) is 13.8. The first-order chi connectivity index (χ1) is 7.81. The summed E-state index contributed by atoms with van der Waals surface area (Å²) in [5.74, 6) is 0.165. The summed E-state index contributed by atoms with van der Waals surface area (Å²) in [6, 6.07) is 10.4. The van der Waals surface area contributed by atoms with Crippen molar-refractivity contribution in [1.29, 1.82) is 0 Å². The Morgan fingerprint density at radius 2 is 1.88 bits per heavy atom. The minimum Gasteiger partial charge on any atom is -0.338 e. The van der Waals surface area contributed by atoms with Crippen molar-refractivity contribution in [3.63, 3.8) is 0 Å². The predicted molar refractivity (Wildman–Crippen MR) is 83.7 cm³/mol. The van der Waals surface area contributed by atoms with Crippen LogP contribution < -0.4 is 0 Å². The van der Waals surface area contributed by atoms with Crippen molar-refractivity contribution in [3.8, 4) is 0 Å². The first kappa shape index (κ1) is 14.7. The topological polar surface area (TPSA) is 20.3 Å². The molecule has 2 nitrogen and oxygen atoms in total. The molecule has 4 heteroatoms.